The van der Waals surface area contributed by atoms with Crippen LogP contribution < -0.4 is 15.0 Å². The number of carbonyl (C=O) groups is 1. The first-order valence-electron chi connectivity index (χ1n) is 8.61. The van der Waals surface area contributed by atoms with Gasteiger partial charge in [-0.15, -0.1) is 5.10 Å². The van der Waals surface area contributed by atoms with E-state index in [0.29, 0.717) is 24.6 Å². The molecule has 0 aliphatic carbocycles. The molecule has 3 heterocycles. The van der Waals surface area contributed by atoms with E-state index in [9.17, 15) is 4.79 Å². The second kappa shape index (κ2) is 7.92. The van der Waals surface area contributed by atoms with Crippen LogP contribution in [0.4, 0.5) is 5.82 Å². The van der Waals surface area contributed by atoms with Crippen molar-refractivity contribution in [3.05, 3.63) is 41.7 Å². The fourth-order valence-electron chi connectivity index (χ4n) is 2.98. The summed E-state index contributed by atoms with van der Waals surface area (Å²) in [7, 11) is 0. The molecule has 0 radical (unpaired) electrons. The third-order valence-electron chi connectivity index (χ3n) is 4.16. The number of hydrogen-bond acceptors (Lipinski definition) is 6. The Morgan fingerprint density at radius 3 is 3.04 bits per heavy atom. The molecule has 0 aromatic carbocycles. The van der Waals surface area contributed by atoms with Gasteiger partial charge in [-0.2, -0.15) is 5.10 Å². The van der Waals surface area contributed by atoms with Gasteiger partial charge in [0.15, 0.2) is 5.82 Å². The van der Waals surface area contributed by atoms with E-state index in [1.165, 1.54) is 0 Å². The van der Waals surface area contributed by atoms with Crippen LogP contribution >= 0.6 is 0 Å². The van der Waals surface area contributed by atoms with Gasteiger partial charge < -0.3 is 15.0 Å². The monoisotopic (exact) mass is 341 g/mol. The highest BCUT2D eigenvalue weighted by atomic mass is 16.5. The summed E-state index contributed by atoms with van der Waals surface area (Å²) in [5, 5.41) is 11.2. The first-order chi connectivity index (χ1) is 12.2. The van der Waals surface area contributed by atoms with Gasteiger partial charge in [-0.05, 0) is 51.0 Å². The van der Waals surface area contributed by atoms with Crippen LogP contribution in [0, 0.1) is 6.92 Å². The number of aryl methyl sites for hydroxylation is 1. The molecule has 1 aliphatic heterocycles. The van der Waals surface area contributed by atoms with Crippen LogP contribution in [-0.4, -0.2) is 46.8 Å². The fourth-order valence-corrected chi connectivity index (χ4v) is 2.98. The number of nitrogens with zero attached hydrogens (tertiary/aromatic N) is 4. The lowest BCUT2D eigenvalue weighted by atomic mass is 10.0. The lowest BCUT2D eigenvalue weighted by Gasteiger charge is -2.33. The summed E-state index contributed by atoms with van der Waals surface area (Å²) in [6.07, 6.45) is 3.59. The highest BCUT2D eigenvalue weighted by molar-refractivity contribution is 5.96. The minimum absolute atomic E-state index is 0.0547. The minimum atomic E-state index is -0.151. The van der Waals surface area contributed by atoms with Gasteiger partial charge in [0.1, 0.15) is 5.56 Å². The summed E-state index contributed by atoms with van der Waals surface area (Å²) in [6, 6.07) is 7.46. The number of aromatic nitrogens is 3. The molecule has 1 amide bonds. The number of rotatable bonds is 5. The lowest BCUT2D eigenvalue weighted by molar-refractivity contribution is 0.0928. The normalized spacial score (nSPS) is 17.2. The minimum Gasteiger partial charge on any atom is -0.477 e. The Morgan fingerprint density at radius 2 is 2.28 bits per heavy atom. The molecule has 1 saturated heterocycles. The highest BCUT2D eigenvalue weighted by Gasteiger charge is 2.24. The van der Waals surface area contributed by atoms with Crippen molar-refractivity contribution >= 4 is 11.7 Å². The Labute approximate surface area is 147 Å². The van der Waals surface area contributed by atoms with Crippen LogP contribution in [0.2, 0.25) is 0 Å². The molecular formula is C18H23N5O2. The van der Waals surface area contributed by atoms with Gasteiger partial charge >= 0.3 is 0 Å². The molecular weight excluding hydrogens is 318 g/mol. The van der Waals surface area contributed by atoms with Crippen LogP contribution in [0.5, 0.6) is 5.88 Å². The van der Waals surface area contributed by atoms with Gasteiger partial charge in [0.25, 0.3) is 5.91 Å². The molecule has 0 saturated carbocycles. The van der Waals surface area contributed by atoms with Crippen molar-refractivity contribution in [3.63, 3.8) is 0 Å². The van der Waals surface area contributed by atoms with Crippen LogP contribution in [0.3, 0.4) is 0 Å². The Bertz CT molecular complexity index is 723. The van der Waals surface area contributed by atoms with Gasteiger partial charge in [-0.1, -0.05) is 0 Å². The third-order valence-corrected chi connectivity index (χ3v) is 4.16. The van der Waals surface area contributed by atoms with Gasteiger partial charge in [-0.25, -0.2) is 4.98 Å². The van der Waals surface area contributed by atoms with E-state index in [1.54, 1.807) is 12.3 Å². The zero-order valence-electron chi connectivity index (χ0n) is 14.6. The number of anilines is 1. The smallest absolute Gasteiger partial charge is 0.257 e. The largest absolute Gasteiger partial charge is 0.477 e. The van der Waals surface area contributed by atoms with Crippen molar-refractivity contribution in [1.29, 1.82) is 0 Å². The molecule has 1 N–H and O–H groups in total. The van der Waals surface area contributed by atoms with Crippen molar-refractivity contribution in [1.82, 2.24) is 20.5 Å². The molecule has 1 atom stereocenters. The Kier molecular flexibility index (Phi) is 5.42. The SMILES string of the molecule is CCOc1nc(C)ccc1C(=O)N[C@H]1CCCN(c2cccnn2)C1. The maximum absolute atomic E-state index is 12.7. The lowest BCUT2D eigenvalue weighted by Crippen LogP contribution is -2.48. The fraction of sp³-hybridized carbons (Fsp3) is 0.444. The maximum Gasteiger partial charge on any atom is 0.257 e. The number of nitrogens with one attached hydrogen (secondary N) is 1. The van der Waals surface area contributed by atoms with E-state index in [1.807, 2.05) is 32.0 Å². The van der Waals surface area contributed by atoms with Crippen LogP contribution in [-0.2, 0) is 0 Å². The molecule has 0 spiro atoms. The Morgan fingerprint density at radius 1 is 1.40 bits per heavy atom. The summed E-state index contributed by atoms with van der Waals surface area (Å²) in [4.78, 5) is 19.2. The van der Waals surface area contributed by atoms with Crippen molar-refractivity contribution in [2.45, 2.75) is 32.7 Å². The third kappa shape index (κ3) is 4.23. The van der Waals surface area contributed by atoms with Crippen LogP contribution in [0.25, 0.3) is 0 Å². The van der Waals surface area contributed by atoms with Crippen molar-refractivity contribution < 1.29 is 9.53 Å². The van der Waals surface area contributed by atoms with E-state index < -0.39 is 0 Å². The summed E-state index contributed by atoms with van der Waals surface area (Å²) < 4.78 is 5.52. The molecule has 1 fully saturated rings. The number of piperidine rings is 1. The highest BCUT2D eigenvalue weighted by Crippen LogP contribution is 2.19. The molecule has 25 heavy (non-hydrogen) atoms. The quantitative estimate of drug-likeness (QED) is 0.896. The molecule has 2 aromatic heterocycles. The van der Waals surface area contributed by atoms with E-state index in [0.717, 1.165) is 30.9 Å². The van der Waals surface area contributed by atoms with Crippen molar-refractivity contribution in [2.75, 3.05) is 24.6 Å². The molecule has 1 aliphatic rings. The van der Waals surface area contributed by atoms with E-state index in [2.05, 4.69) is 25.4 Å². The number of pyridine rings is 1. The molecule has 0 bridgehead atoms. The molecule has 0 unspecified atom stereocenters. The maximum atomic E-state index is 12.7. The first-order valence-corrected chi connectivity index (χ1v) is 8.61. The second-order valence-corrected chi connectivity index (χ2v) is 6.08. The molecule has 7 nitrogen and oxygen atoms in total. The Hall–Kier alpha value is -2.70. The van der Waals surface area contributed by atoms with Crippen LogP contribution in [0.1, 0.15) is 35.8 Å². The van der Waals surface area contributed by atoms with E-state index >= 15 is 0 Å². The Balaban J connectivity index is 1.68. The van der Waals surface area contributed by atoms with Gasteiger partial charge in [0.2, 0.25) is 5.88 Å². The predicted octanol–water partition coefficient (Wildman–Crippen LogP) is 1.98. The average Bonchev–Trinajstić information content (AvgIpc) is 2.63. The number of carbonyl (C=O) groups excluding carboxylic acids is 1. The summed E-state index contributed by atoms with van der Waals surface area (Å²) in [5.41, 5.74) is 1.30. The molecule has 7 heteroatoms. The molecule has 3 rings (SSSR count). The van der Waals surface area contributed by atoms with Crippen LogP contribution in [0.15, 0.2) is 30.5 Å². The topological polar surface area (TPSA) is 80.2 Å². The summed E-state index contributed by atoms with van der Waals surface area (Å²) >= 11 is 0. The average molecular weight is 341 g/mol. The van der Waals surface area contributed by atoms with Gasteiger partial charge in [-0.3, -0.25) is 4.79 Å². The zero-order chi connectivity index (χ0) is 17.6. The van der Waals surface area contributed by atoms with E-state index in [4.69, 9.17) is 4.74 Å². The predicted molar refractivity (Wildman–Crippen MR) is 94.9 cm³/mol. The van der Waals surface area contributed by atoms with Crippen molar-refractivity contribution in [3.8, 4) is 5.88 Å². The molecule has 132 valence electrons. The van der Waals surface area contributed by atoms with Crippen molar-refractivity contribution in [2.24, 2.45) is 0 Å². The number of amides is 1. The van der Waals surface area contributed by atoms with E-state index in [-0.39, 0.29) is 11.9 Å². The standard InChI is InChI=1S/C18H23N5O2/c1-3-25-18-15(9-8-13(2)20-18)17(24)21-14-6-5-11-23(12-14)16-7-4-10-19-22-16/h4,7-10,14H,3,5-6,11-12H2,1-2H3,(H,21,24)/t14-/m0/s1. The van der Waals surface area contributed by atoms with Gasteiger partial charge in [0.05, 0.1) is 6.61 Å². The summed E-state index contributed by atoms with van der Waals surface area (Å²) in [5.74, 6) is 1.08. The second-order valence-electron chi connectivity index (χ2n) is 6.08. The van der Waals surface area contributed by atoms with Gasteiger partial charge in [0, 0.05) is 31.0 Å². The zero-order valence-corrected chi connectivity index (χ0v) is 14.6. The number of hydrogen-bond donors (Lipinski definition) is 1. The molecule has 2 aromatic rings. The summed E-state index contributed by atoms with van der Waals surface area (Å²) in [6.45, 7) is 5.87. The number of ether oxygens (including phenoxy) is 1. The first kappa shape index (κ1) is 17.1.